The lowest BCUT2D eigenvalue weighted by Gasteiger charge is -2.17. The van der Waals surface area contributed by atoms with Gasteiger partial charge in [0, 0.05) is 0 Å². The summed E-state index contributed by atoms with van der Waals surface area (Å²) in [6, 6.07) is 31.9. The highest BCUT2D eigenvalue weighted by atomic mass is 16.5. The summed E-state index contributed by atoms with van der Waals surface area (Å²) >= 11 is 0. The van der Waals surface area contributed by atoms with E-state index < -0.39 is 0 Å². The Morgan fingerprint density at radius 3 is 0.909 bits per heavy atom. The molecule has 0 heterocycles. The van der Waals surface area contributed by atoms with E-state index in [9.17, 15) is 9.59 Å². The van der Waals surface area contributed by atoms with Crippen LogP contribution in [0.3, 0.4) is 0 Å². The van der Waals surface area contributed by atoms with Crippen LogP contribution < -0.4 is 0 Å². The zero-order chi connectivity index (χ0) is 42.9. The van der Waals surface area contributed by atoms with Crippen LogP contribution in [-0.4, -0.2) is 26.2 Å². The molecule has 0 amide bonds. The molecule has 0 aliphatic carbocycles. The van der Waals surface area contributed by atoms with Crippen molar-refractivity contribution in [2.45, 2.75) is 167 Å². The molecule has 3 unspecified atom stereocenters. The van der Waals surface area contributed by atoms with Gasteiger partial charge < -0.3 is 9.47 Å². The summed E-state index contributed by atoms with van der Waals surface area (Å²) in [7, 11) is 2.83. The molecule has 3 aromatic rings. The fourth-order valence-electron chi connectivity index (χ4n) is 4.39. The highest BCUT2D eigenvalue weighted by Gasteiger charge is 2.26. The zero-order valence-electron chi connectivity index (χ0n) is 38.6. The highest BCUT2D eigenvalue weighted by molar-refractivity contribution is 5.75. The molecule has 3 atom stereocenters. The van der Waals surface area contributed by atoms with Gasteiger partial charge in [0.2, 0.25) is 0 Å². The van der Waals surface area contributed by atoms with Crippen LogP contribution in [0, 0.1) is 10.8 Å². The zero-order valence-corrected chi connectivity index (χ0v) is 38.6. The van der Waals surface area contributed by atoms with Crippen molar-refractivity contribution in [3.8, 4) is 0 Å². The van der Waals surface area contributed by atoms with E-state index in [2.05, 4.69) is 169 Å². The number of hydrogen-bond donors (Lipinski definition) is 0. The third-order valence-corrected chi connectivity index (χ3v) is 10.3. The molecular formula is C51H84O4. The minimum absolute atomic E-state index is 0.134. The molecule has 0 saturated carbocycles. The maximum atomic E-state index is 10.8. The number of methoxy groups -OCH3 is 2. The monoisotopic (exact) mass is 761 g/mol. The summed E-state index contributed by atoms with van der Waals surface area (Å²) in [4.78, 5) is 21.7. The number of allylic oxidation sites excluding steroid dienone is 2. The van der Waals surface area contributed by atoms with Gasteiger partial charge in [0.05, 0.1) is 25.0 Å². The molecule has 0 aliphatic heterocycles. The maximum Gasteiger partial charge on any atom is 0.311 e. The van der Waals surface area contributed by atoms with Crippen LogP contribution in [0.4, 0.5) is 0 Å². The van der Waals surface area contributed by atoms with Crippen molar-refractivity contribution in [2.24, 2.45) is 10.8 Å². The molecule has 0 fully saturated rings. The van der Waals surface area contributed by atoms with E-state index in [-0.39, 0.29) is 22.8 Å². The Morgan fingerprint density at radius 2 is 0.782 bits per heavy atom. The van der Waals surface area contributed by atoms with Crippen molar-refractivity contribution in [3.63, 3.8) is 0 Å². The lowest BCUT2D eigenvalue weighted by atomic mass is 9.91. The van der Waals surface area contributed by atoms with E-state index in [4.69, 9.17) is 0 Å². The Balaban J connectivity index is -0.000000593. The predicted octanol–water partition coefficient (Wildman–Crippen LogP) is 15.5. The highest BCUT2D eigenvalue weighted by Crippen LogP contribution is 2.22. The van der Waals surface area contributed by atoms with Gasteiger partial charge in [0.1, 0.15) is 0 Å². The Kier molecular flexibility index (Phi) is 34.1. The van der Waals surface area contributed by atoms with Gasteiger partial charge in [-0.3, -0.25) is 9.59 Å². The molecule has 0 aliphatic rings. The number of rotatable bonds is 12. The van der Waals surface area contributed by atoms with Gasteiger partial charge in [-0.25, -0.2) is 0 Å². The van der Waals surface area contributed by atoms with Gasteiger partial charge in [-0.1, -0.05) is 172 Å². The van der Waals surface area contributed by atoms with Gasteiger partial charge in [-0.2, -0.15) is 0 Å². The summed E-state index contributed by atoms with van der Waals surface area (Å²) in [5, 5.41) is 0. The van der Waals surface area contributed by atoms with Crippen molar-refractivity contribution < 1.29 is 19.1 Å². The van der Waals surface area contributed by atoms with E-state index >= 15 is 0 Å². The van der Waals surface area contributed by atoms with Crippen molar-refractivity contribution in [1.29, 1.82) is 0 Å². The summed E-state index contributed by atoms with van der Waals surface area (Å²) in [5.41, 5.74) is 5.23. The second-order valence-electron chi connectivity index (χ2n) is 15.4. The molecule has 0 bridgehead atoms. The second-order valence-corrected chi connectivity index (χ2v) is 15.4. The van der Waals surface area contributed by atoms with Crippen LogP contribution in [0.5, 0.6) is 0 Å². The summed E-state index contributed by atoms with van der Waals surface area (Å²) in [6.45, 7) is 31.4. The maximum absolute atomic E-state index is 10.8. The van der Waals surface area contributed by atoms with E-state index in [0.717, 1.165) is 12.8 Å². The molecule has 55 heavy (non-hydrogen) atoms. The Hall–Kier alpha value is -3.66. The van der Waals surface area contributed by atoms with Crippen LogP contribution in [0.15, 0.2) is 103 Å². The topological polar surface area (TPSA) is 52.6 Å². The lowest BCUT2D eigenvalue weighted by molar-refractivity contribution is -0.151. The molecular weight excluding hydrogens is 677 g/mol. The Labute approximate surface area is 340 Å². The molecule has 3 rings (SSSR count). The fraction of sp³-hybridized carbons (Fsp3) is 0.569. The molecule has 0 aromatic heterocycles. The molecule has 3 aromatic carbocycles. The smallest absolute Gasteiger partial charge is 0.311 e. The number of benzene rings is 3. The largest absolute Gasteiger partial charge is 0.469 e. The van der Waals surface area contributed by atoms with Gasteiger partial charge in [0.15, 0.2) is 0 Å². The van der Waals surface area contributed by atoms with Crippen molar-refractivity contribution in [1.82, 2.24) is 0 Å². The number of carbonyl (C=O) groups excluding carboxylic acids is 2. The van der Waals surface area contributed by atoms with Crippen LogP contribution in [0.25, 0.3) is 0 Å². The van der Waals surface area contributed by atoms with Crippen molar-refractivity contribution >= 4 is 11.9 Å². The minimum atomic E-state index is -0.311. The standard InChI is InChI=1S/3C10H14.2C7H14O2.C7H14/c3*1-3-9(2)10-7-5-4-6-8-10;2*1-5-7(2,3)6(8)9-4;1-4-6-7(3)5-2/h3*4-9H,3H2,1-2H3;2*5H2,1-4H3;6H,4-5H2,1-3H3/b;;;;;7-6+. The predicted molar refractivity (Wildman–Crippen MR) is 242 cm³/mol. The molecule has 4 heteroatoms. The molecule has 0 spiro atoms. The lowest BCUT2D eigenvalue weighted by Crippen LogP contribution is -2.24. The molecule has 0 saturated heterocycles. The molecule has 312 valence electrons. The Bertz CT molecular complexity index is 1210. The summed E-state index contributed by atoms with van der Waals surface area (Å²) < 4.78 is 9.13. The quantitative estimate of drug-likeness (QED) is 0.136. The van der Waals surface area contributed by atoms with Gasteiger partial charge in [-0.05, 0) is 114 Å². The number of hydrogen-bond acceptors (Lipinski definition) is 4. The first-order valence-corrected chi connectivity index (χ1v) is 20.9. The average molecular weight is 761 g/mol. The van der Waals surface area contributed by atoms with Gasteiger partial charge >= 0.3 is 11.9 Å². The van der Waals surface area contributed by atoms with Crippen LogP contribution >= 0.6 is 0 Å². The number of carbonyl (C=O) groups is 2. The first kappa shape index (κ1) is 55.7. The van der Waals surface area contributed by atoms with Crippen LogP contribution in [0.2, 0.25) is 0 Å². The third-order valence-electron chi connectivity index (χ3n) is 10.3. The molecule has 0 N–H and O–H groups in total. The summed E-state index contributed by atoms with van der Waals surface area (Å²) in [5.74, 6) is 1.86. The van der Waals surface area contributed by atoms with Crippen molar-refractivity contribution in [2.75, 3.05) is 14.2 Å². The van der Waals surface area contributed by atoms with Gasteiger partial charge in [-0.15, -0.1) is 0 Å². The van der Waals surface area contributed by atoms with E-state index in [1.165, 1.54) is 68.6 Å². The first-order chi connectivity index (χ1) is 25.9. The van der Waals surface area contributed by atoms with Crippen LogP contribution in [-0.2, 0) is 19.1 Å². The van der Waals surface area contributed by atoms with E-state index in [1.54, 1.807) is 0 Å². The normalized spacial score (nSPS) is 12.3. The first-order valence-electron chi connectivity index (χ1n) is 20.9. The third kappa shape index (κ3) is 27.6. The minimum Gasteiger partial charge on any atom is -0.469 e. The number of esters is 2. The average Bonchev–Trinajstić information content (AvgIpc) is 3.24. The second kappa shape index (κ2) is 33.7. The van der Waals surface area contributed by atoms with E-state index in [0.29, 0.717) is 17.8 Å². The molecule has 4 nitrogen and oxygen atoms in total. The summed E-state index contributed by atoms with van der Waals surface area (Å²) in [6.07, 6.45) is 9.96. The SMILES string of the molecule is CC/C=C(\C)CC.CCC(C)(C)C(=O)OC.CCC(C)(C)C(=O)OC.CCC(C)c1ccccc1.CCC(C)c1ccccc1.CCC(C)c1ccccc1. The van der Waals surface area contributed by atoms with E-state index in [1.807, 2.05) is 41.5 Å². The van der Waals surface area contributed by atoms with Crippen molar-refractivity contribution in [3.05, 3.63) is 119 Å². The fourth-order valence-corrected chi connectivity index (χ4v) is 4.39. The number of ether oxygens (including phenoxy) is 2. The van der Waals surface area contributed by atoms with Gasteiger partial charge in [0.25, 0.3) is 0 Å². The van der Waals surface area contributed by atoms with Crippen LogP contribution in [0.1, 0.15) is 183 Å². The molecule has 0 radical (unpaired) electrons. The Morgan fingerprint density at radius 1 is 0.527 bits per heavy atom.